The smallest absolute Gasteiger partial charge is 0.337 e. The predicted octanol–water partition coefficient (Wildman–Crippen LogP) is 1.19. The minimum atomic E-state index is -3.56. The molecule has 22 heavy (non-hydrogen) atoms. The molecule has 2 rings (SSSR count). The number of rotatable bonds is 4. The van der Waals surface area contributed by atoms with Crippen molar-refractivity contribution >= 4 is 28.4 Å². The lowest BCUT2D eigenvalue weighted by Gasteiger charge is -2.24. The van der Waals surface area contributed by atoms with Gasteiger partial charge in [0.2, 0.25) is 10.0 Å². The summed E-state index contributed by atoms with van der Waals surface area (Å²) in [7, 11) is -0.668. The summed E-state index contributed by atoms with van der Waals surface area (Å²) in [6, 6.07) is 4.46. The first-order chi connectivity index (χ1) is 9.87. The Morgan fingerprint density at radius 1 is 1.41 bits per heavy atom. The van der Waals surface area contributed by atoms with Gasteiger partial charge < -0.3 is 10.1 Å². The maximum Gasteiger partial charge on any atom is 0.337 e. The third kappa shape index (κ3) is 3.60. The summed E-state index contributed by atoms with van der Waals surface area (Å²) >= 11 is 0. The second kappa shape index (κ2) is 7.41. The SMILES string of the molecule is COC(=O)c1ccc(S(=O)(=O)N(C)C2CCNC2)c(C)c1.Cl. The van der Waals surface area contributed by atoms with E-state index in [0.717, 1.165) is 13.0 Å². The molecule has 1 unspecified atom stereocenters. The van der Waals surface area contributed by atoms with Gasteiger partial charge in [-0.2, -0.15) is 4.31 Å². The molecule has 6 nitrogen and oxygen atoms in total. The number of carbonyl (C=O) groups excluding carboxylic acids is 1. The molecule has 8 heteroatoms. The number of hydrogen-bond acceptors (Lipinski definition) is 5. The summed E-state index contributed by atoms with van der Waals surface area (Å²) in [6.07, 6.45) is 0.801. The molecule has 1 aromatic rings. The average Bonchev–Trinajstić information content (AvgIpc) is 2.99. The van der Waals surface area contributed by atoms with E-state index >= 15 is 0 Å². The predicted molar refractivity (Wildman–Crippen MR) is 86.0 cm³/mol. The van der Waals surface area contributed by atoms with Crippen LogP contribution in [0.4, 0.5) is 0 Å². The number of benzene rings is 1. The fourth-order valence-electron chi connectivity index (χ4n) is 2.48. The maximum atomic E-state index is 12.7. The number of halogens is 1. The molecule has 0 aliphatic carbocycles. The van der Waals surface area contributed by atoms with Crippen molar-refractivity contribution in [3.8, 4) is 0 Å². The van der Waals surface area contributed by atoms with Crippen molar-refractivity contribution in [2.24, 2.45) is 0 Å². The molecule has 1 heterocycles. The van der Waals surface area contributed by atoms with E-state index in [0.29, 0.717) is 17.7 Å². The second-order valence-corrected chi connectivity index (χ2v) is 7.11. The number of hydrogen-bond donors (Lipinski definition) is 1. The second-order valence-electron chi connectivity index (χ2n) is 5.14. The first kappa shape index (κ1) is 18.9. The molecule has 124 valence electrons. The number of ether oxygens (including phenoxy) is 1. The molecule has 1 N–H and O–H groups in total. The van der Waals surface area contributed by atoms with E-state index in [1.54, 1.807) is 20.0 Å². The summed E-state index contributed by atoms with van der Waals surface area (Å²) in [4.78, 5) is 11.7. The average molecular weight is 349 g/mol. The van der Waals surface area contributed by atoms with Crippen molar-refractivity contribution in [3.63, 3.8) is 0 Å². The van der Waals surface area contributed by atoms with E-state index in [9.17, 15) is 13.2 Å². The molecule has 1 aliphatic rings. The van der Waals surface area contributed by atoms with Gasteiger partial charge in [-0.3, -0.25) is 0 Å². The maximum absolute atomic E-state index is 12.7. The minimum absolute atomic E-state index is 0. The van der Waals surface area contributed by atoms with Crippen LogP contribution >= 0.6 is 12.4 Å². The zero-order valence-corrected chi connectivity index (χ0v) is 14.5. The zero-order chi connectivity index (χ0) is 15.6. The quantitative estimate of drug-likeness (QED) is 0.827. The van der Waals surface area contributed by atoms with Crippen molar-refractivity contribution in [2.45, 2.75) is 24.3 Å². The lowest BCUT2D eigenvalue weighted by atomic mass is 10.1. The number of carbonyl (C=O) groups is 1. The van der Waals surface area contributed by atoms with Crippen LogP contribution in [0.3, 0.4) is 0 Å². The molecule has 1 aliphatic heterocycles. The van der Waals surface area contributed by atoms with Gasteiger partial charge in [0.25, 0.3) is 0 Å². The fourth-order valence-corrected chi connectivity index (χ4v) is 4.07. The highest BCUT2D eigenvalue weighted by atomic mass is 35.5. The van der Waals surface area contributed by atoms with Crippen LogP contribution < -0.4 is 5.32 Å². The van der Waals surface area contributed by atoms with Gasteiger partial charge in [-0.25, -0.2) is 13.2 Å². The Kier molecular flexibility index (Phi) is 6.37. The summed E-state index contributed by atoms with van der Waals surface area (Å²) < 4.78 is 31.4. The van der Waals surface area contributed by atoms with Crippen molar-refractivity contribution in [2.75, 3.05) is 27.2 Å². The molecular formula is C14H21ClN2O4S. The summed E-state index contributed by atoms with van der Waals surface area (Å²) in [5.41, 5.74) is 0.884. The van der Waals surface area contributed by atoms with Gasteiger partial charge in [0.1, 0.15) is 0 Å². The van der Waals surface area contributed by atoms with E-state index in [4.69, 9.17) is 0 Å². The normalized spacial score (nSPS) is 18.1. The van der Waals surface area contributed by atoms with Gasteiger partial charge in [0, 0.05) is 19.6 Å². The Morgan fingerprint density at radius 2 is 2.09 bits per heavy atom. The molecule has 1 fully saturated rings. The number of methoxy groups -OCH3 is 1. The van der Waals surface area contributed by atoms with Crippen LogP contribution in [-0.4, -0.2) is 52.0 Å². The Bertz CT molecular complexity index is 642. The van der Waals surface area contributed by atoms with Crippen LogP contribution in [0.15, 0.2) is 23.1 Å². The van der Waals surface area contributed by atoms with Crippen LogP contribution in [0, 0.1) is 6.92 Å². The van der Waals surface area contributed by atoms with Gasteiger partial charge >= 0.3 is 5.97 Å². The third-order valence-electron chi connectivity index (χ3n) is 3.80. The Balaban J connectivity index is 0.00000242. The highest BCUT2D eigenvalue weighted by Crippen LogP contribution is 2.23. The summed E-state index contributed by atoms with van der Waals surface area (Å²) in [5.74, 6) is -0.476. The summed E-state index contributed by atoms with van der Waals surface area (Å²) in [5, 5.41) is 3.16. The molecular weight excluding hydrogens is 328 g/mol. The van der Waals surface area contributed by atoms with Gasteiger partial charge in [-0.05, 0) is 43.7 Å². The van der Waals surface area contributed by atoms with Gasteiger partial charge in [0.05, 0.1) is 17.6 Å². The number of likely N-dealkylation sites (N-methyl/N-ethyl adjacent to an activating group) is 1. The molecule has 0 radical (unpaired) electrons. The molecule has 1 saturated heterocycles. The Hall–Kier alpha value is -1.15. The van der Waals surface area contributed by atoms with Crippen molar-refractivity contribution < 1.29 is 17.9 Å². The van der Waals surface area contributed by atoms with Crippen molar-refractivity contribution in [3.05, 3.63) is 29.3 Å². The number of esters is 1. The number of nitrogens with one attached hydrogen (secondary N) is 1. The lowest BCUT2D eigenvalue weighted by Crippen LogP contribution is -2.38. The Labute approximate surface area is 137 Å². The van der Waals surface area contributed by atoms with E-state index in [2.05, 4.69) is 10.1 Å². The number of nitrogens with zero attached hydrogens (tertiary/aromatic N) is 1. The van der Waals surface area contributed by atoms with Gasteiger partial charge in [-0.15, -0.1) is 12.4 Å². The molecule has 0 aromatic heterocycles. The lowest BCUT2D eigenvalue weighted by molar-refractivity contribution is 0.0600. The highest BCUT2D eigenvalue weighted by Gasteiger charge is 2.31. The number of aryl methyl sites for hydroxylation is 1. The van der Waals surface area contributed by atoms with E-state index in [-0.39, 0.29) is 23.3 Å². The van der Waals surface area contributed by atoms with Crippen molar-refractivity contribution in [1.82, 2.24) is 9.62 Å². The van der Waals surface area contributed by atoms with E-state index < -0.39 is 16.0 Å². The Morgan fingerprint density at radius 3 is 2.59 bits per heavy atom. The minimum Gasteiger partial charge on any atom is -0.465 e. The largest absolute Gasteiger partial charge is 0.465 e. The van der Waals surface area contributed by atoms with Crippen LogP contribution in [-0.2, 0) is 14.8 Å². The number of sulfonamides is 1. The van der Waals surface area contributed by atoms with Crippen LogP contribution in [0.25, 0.3) is 0 Å². The van der Waals surface area contributed by atoms with E-state index in [1.165, 1.54) is 23.5 Å². The third-order valence-corrected chi connectivity index (χ3v) is 5.87. The first-order valence-corrected chi connectivity index (χ1v) is 8.19. The molecule has 0 saturated carbocycles. The first-order valence-electron chi connectivity index (χ1n) is 6.75. The van der Waals surface area contributed by atoms with Crippen LogP contribution in [0.1, 0.15) is 22.3 Å². The molecule has 1 atom stereocenters. The van der Waals surface area contributed by atoms with E-state index in [1.807, 2.05) is 0 Å². The van der Waals surface area contributed by atoms with Crippen molar-refractivity contribution in [1.29, 1.82) is 0 Å². The van der Waals surface area contributed by atoms with Gasteiger partial charge in [-0.1, -0.05) is 0 Å². The monoisotopic (exact) mass is 348 g/mol. The highest BCUT2D eigenvalue weighted by molar-refractivity contribution is 7.89. The van der Waals surface area contributed by atoms with Gasteiger partial charge in [0.15, 0.2) is 0 Å². The standard InChI is InChI=1S/C14H20N2O4S.ClH/c1-10-8-11(14(17)20-3)4-5-13(10)21(18,19)16(2)12-6-7-15-9-12;/h4-5,8,12,15H,6-7,9H2,1-3H3;1H. The fraction of sp³-hybridized carbons (Fsp3) is 0.500. The topological polar surface area (TPSA) is 75.7 Å². The molecule has 0 spiro atoms. The zero-order valence-electron chi connectivity index (χ0n) is 12.8. The molecule has 0 amide bonds. The van der Waals surface area contributed by atoms with Crippen LogP contribution in [0.2, 0.25) is 0 Å². The molecule has 1 aromatic carbocycles. The van der Waals surface area contributed by atoms with Crippen LogP contribution in [0.5, 0.6) is 0 Å². The summed E-state index contributed by atoms with van der Waals surface area (Å²) in [6.45, 7) is 3.17. The molecule has 0 bridgehead atoms.